The average Bonchev–Trinajstić information content (AvgIpc) is 3.18. The largest absolute Gasteiger partial charge is 0.465 e. The van der Waals surface area contributed by atoms with Crippen molar-refractivity contribution in [2.75, 3.05) is 23.7 Å². The number of carbonyl (C=O) groups is 3. The highest BCUT2D eigenvalue weighted by Crippen LogP contribution is 2.33. The molecule has 0 spiro atoms. The first-order valence-corrected chi connectivity index (χ1v) is 10.9. The molecule has 9 heteroatoms. The number of ether oxygens (including phenoxy) is 1. The summed E-state index contributed by atoms with van der Waals surface area (Å²) < 4.78 is 5.28. The van der Waals surface area contributed by atoms with Crippen LogP contribution in [0.5, 0.6) is 0 Å². The molecule has 0 saturated carbocycles. The molecule has 166 valence electrons. The van der Waals surface area contributed by atoms with Crippen molar-refractivity contribution < 1.29 is 24.2 Å². The Kier molecular flexibility index (Phi) is 6.84. The van der Waals surface area contributed by atoms with E-state index in [2.05, 4.69) is 10.6 Å². The molecule has 1 aromatic heterocycles. The maximum absolute atomic E-state index is 12.8. The van der Waals surface area contributed by atoms with Gasteiger partial charge >= 0.3 is 12.2 Å². The van der Waals surface area contributed by atoms with E-state index in [0.717, 1.165) is 17.7 Å². The van der Waals surface area contributed by atoms with E-state index >= 15 is 0 Å². The number of nitrogens with zero attached hydrogens (tertiary/aromatic N) is 1. The third-order valence-corrected chi connectivity index (χ3v) is 6.08. The Morgan fingerprint density at radius 2 is 1.65 bits per heavy atom. The van der Waals surface area contributed by atoms with Gasteiger partial charge in [-0.2, -0.15) is 0 Å². The Bertz CT molecular complexity index is 958. The monoisotopic (exact) mass is 445 g/mol. The van der Waals surface area contributed by atoms with Gasteiger partial charge in [-0.1, -0.05) is 12.1 Å². The van der Waals surface area contributed by atoms with Crippen LogP contribution in [0, 0.1) is 0 Å². The van der Waals surface area contributed by atoms with Crippen molar-refractivity contribution in [2.24, 2.45) is 0 Å². The van der Waals surface area contributed by atoms with E-state index in [1.54, 1.807) is 51.1 Å². The Morgan fingerprint density at radius 3 is 2.23 bits per heavy atom. The summed E-state index contributed by atoms with van der Waals surface area (Å²) in [5.41, 5.74) is 0.294. The first-order valence-electron chi connectivity index (χ1n) is 10.1. The summed E-state index contributed by atoms with van der Waals surface area (Å²) in [6, 6.07) is 10.6. The van der Waals surface area contributed by atoms with E-state index in [1.807, 2.05) is 6.07 Å². The molecular weight excluding hydrogens is 418 g/mol. The highest BCUT2D eigenvalue weighted by atomic mass is 32.1. The van der Waals surface area contributed by atoms with Gasteiger partial charge in [-0.3, -0.25) is 10.1 Å². The number of anilines is 2. The molecule has 2 heterocycles. The van der Waals surface area contributed by atoms with Crippen LogP contribution in [0.15, 0.2) is 36.4 Å². The van der Waals surface area contributed by atoms with Gasteiger partial charge in [0.1, 0.15) is 5.60 Å². The van der Waals surface area contributed by atoms with Gasteiger partial charge in [-0.25, -0.2) is 9.59 Å². The minimum absolute atomic E-state index is 0.253. The SMILES string of the molecule is CC(C)(C)OC(=O)Nc1ccccc1NC(=O)c1ccc(C2CCN(C(=O)O)CC2)s1. The lowest BCUT2D eigenvalue weighted by Crippen LogP contribution is -2.36. The molecule has 0 radical (unpaired) electrons. The molecule has 0 atom stereocenters. The van der Waals surface area contributed by atoms with E-state index in [4.69, 9.17) is 9.84 Å². The molecule has 1 aliphatic heterocycles. The van der Waals surface area contributed by atoms with Crippen molar-refractivity contribution >= 4 is 40.8 Å². The summed E-state index contributed by atoms with van der Waals surface area (Å²) >= 11 is 1.41. The van der Waals surface area contributed by atoms with Gasteiger partial charge < -0.3 is 20.1 Å². The fourth-order valence-corrected chi connectivity index (χ4v) is 4.42. The van der Waals surface area contributed by atoms with Crippen molar-refractivity contribution in [3.05, 3.63) is 46.2 Å². The number of amides is 3. The van der Waals surface area contributed by atoms with Crippen molar-refractivity contribution in [2.45, 2.75) is 45.1 Å². The second kappa shape index (κ2) is 9.38. The summed E-state index contributed by atoms with van der Waals surface area (Å²) in [7, 11) is 0. The topological polar surface area (TPSA) is 108 Å². The Morgan fingerprint density at radius 1 is 1.03 bits per heavy atom. The number of hydrogen-bond donors (Lipinski definition) is 3. The highest BCUT2D eigenvalue weighted by molar-refractivity contribution is 7.14. The van der Waals surface area contributed by atoms with Crippen LogP contribution < -0.4 is 10.6 Å². The number of rotatable bonds is 4. The Balaban J connectivity index is 1.64. The zero-order chi connectivity index (χ0) is 22.6. The number of piperidine rings is 1. The summed E-state index contributed by atoms with van der Waals surface area (Å²) in [6.07, 6.45) is 0.0104. The average molecular weight is 446 g/mol. The van der Waals surface area contributed by atoms with Crippen LogP contribution >= 0.6 is 11.3 Å². The molecule has 1 saturated heterocycles. The van der Waals surface area contributed by atoms with Crippen LogP contribution in [0.25, 0.3) is 0 Å². The fourth-order valence-electron chi connectivity index (χ4n) is 3.35. The van der Waals surface area contributed by atoms with E-state index < -0.39 is 17.8 Å². The molecule has 3 amide bonds. The third-order valence-electron chi connectivity index (χ3n) is 4.83. The highest BCUT2D eigenvalue weighted by Gasteiger charge is 2.25. The van der Waals surface area contributed by atoms with Crippen molar-refractivity contribution in [3.63, 3.8) is 0 Å². The van der Waals surface area contributed by atoms with Gasteiger partial charge in [0, 0.05) is 18.0 Å². The van der Waals surface area contributed by atoms with Crippen molar-refractivity contribution in [1.82, 2.24) is 4.90 Å². The van der Waals surface area contributed by atoms with E-state index in [0.29, 0.717) is 29.3 Å². The van der Waals surface area contributed by atoms with E-state index in [-0.39, 0.29) is 11.8 Å². The van der Waals surface area contributed by atoms with Gasteiger partial charge in [0.25, 0.3) is 5.91 Å². The lowest BCUT2D eigenvalue weighted by atomic mass is 9.95. The molecule has 3 rings (SSSR count). The molecule has 8 nitrogen and oxygen atoms in total. The number of carboxylic acid groups (broad SMARTS) is 1. The van der Waals surface area contributed by atoms with Crippen LogP contribution in [0.1, 0.15) is 54.1 Å². The molecule has 1 aliphatic rings. The first kappa shape index (κ1) is 22.6. The second-order valence-corrected chi connectivity index (χ2v) is 9.49. The fraction of sp³-hybridized carbons (Fsp3) is 0.409. The van der Waals surface area contributed by atoms with Crippen LogP contribution in [0.4, 0.5) is 21.0 Å². The molecule has 3 N–H and O–H groups in total. The molecule has 1 aromatic carbocycles. The first-order chi connectivity index (χ1) is 14.6. The van der Waals surface area contributed by atoms with Crippen molar-refractivity contribution in [1.29, 1.82) is 0 Å². The van der Waals surface area contributed by atoms with E-state index in [9.17, 15) is 14.4 Å². The smallest absolute Gasteiger partial charge is 0.412 e. The molecule has 31 heavy (non-hydrogen) atoms. The normalized spacial score (nSPS) is 14.7. The number of carbonyl (C=O) groups excluding carboxylic acids is 2. The van der Waals surface area contributed by atoms with Crippen LogP contribution in [-0.4, -0.2) is 46.8 Å². The summed E-state index contributed by atoms with van der Waals surface area (Å²) in [6.45, 7) is 6.34. The van der Waals surface area contributed by atoms with Gasteiger partial charge in [0.05, 0.1) is 16.3 Å². The maximum atomic E-state index is 12.8. The Labute approximate surface area is 185 Å². The zero-order valence-electron chi connectivity index (χ0n) is 17.8. The molecule has 0 bridgehead atoms. The van der Waals surface area contributed by atoms with Gasteiger partial charge in [0.2, 0.25) is 0 Å². The van der Waals surface area contributed by atoms with Gasteiger partial charge in [-0.15, -0.1) is 11.3 Å². The number of thiophene rings is 1. The minimum Gasteiger partial charge on any atom is -0.465 e. The third kappa shape index (κ3) is 6.21. The predicted octanol–water partition coefficient (Wildman–Crippen LogP) is 5.20. The predicted molar refractivity (Wildman–Crippen MR) is 120 cm³/mol. The second-order valence-electron chi connectivity index (χ2n) is 8.37. The van der Waals surface area contributed by atoms with Crippen LogP contribution in [-0.2, 0) is 4.74 Å². The minimum atomic E-state index is -0.886. The van der Waals surface area contributed by atoms with E-state index in [1.165, 1.54) is 16.2 Å². The zero-order valence-corrected chi connectivity index (χ0v) is 18.6. The molecular formula is C22H27N3O5S. The molecule has 0 aliphatic carbocycles. The summed E-state index contributed by atoms with van der Waals surface area (Å²) in [5.74, 6) is -0.0130. The quantitative estimate of drug-likeness (QED) is 0.599. The van der Waals surface area contributed by atoms with Gasteiger partial charge in [0.15, 0.2) is 0 Å². The van der Waals surface area contributed by atoms with Crippen LogP contribution in [0.2, 0.25) is 0 Å². The number of benzene rings is 1. The number of hydrogen-bond acceptors (Lipinski definition) is 5. The molecule has 1 fully saturated rings. The maximum Gasteiger partial charge on any atom is 0.412 e. The Hall–Kier alpha value is -3.07. The number of para-hydroxylation sites is 2. The lowest BCUT2D eigenvalue weighted by molar-refractivity contribution is 0.0635. The van der Waals surface area contributed by atoms with Crippen LogP contribution in [0.3, 0.4) is 0 Å². The summed E-state index contributed by atoms with van der Waals surface area (Å²) in [5, 5.41) is 14.6. The lowest BCUT2D eigenvalue weighted by Gasteiger charge is -2.29. The standard InChI is InChI=1S/C22H27N3O5S/c1-22(2,3)30-20(27)24-16-7-5-4-6-15(16)23-19(26)18-9-8-17(31-18)14-10-12-25(13-11-14)21(28)29/h4-9,14H,10-13H2,1-3H3,(H,23,26)(H,24,27)(H,28,29). The van der Waals surface area contributed by atoms with Crippen molar-refractivity contribution in [3.8, 4) is 0 Å². The molecule has 2 aromatic rings. The van der Waals surface area contributed by atoms with Gasteiger partial charge in [-0.05, 0) is 63.8 Å². The summed E-state index contributed by atoms with van der Waals surface area (Å²) in [4.78, 5) is 39.0. The number of nitrogens with one attached hydrogen (secondary N) is 2. The number of likely N-dealkylation sites (tertiary alicyclic amines) is 1. The molecule has 0 unspecified atom stereocenters.